The van der Waals surface area contributed by atoms with Crippen LogP contribution in [0.5, 0.6) is 0 Å². The van der Waals surface area contributed by atoms with E-state index in [0.717, 1.165) is 12.8 Å². The highest BCUT2D eigenvalue weighted by Gasteiger charge is 2.35. The largest absolute Gasteiger partial charge is 0.467 e. The first kappa shape index (κ1) is 14.9. The van der Waals surface area contributed by atoms with E-state index in [-0.39, 0.29) is 11.2 Å². The molecule has 22 heavy (non-hydrogen) atoms. The number of hydrogen-bond acceptors (Lipinski definition) is 4. The van der Waals surface area contributed by atoms with Crippen LogP contribution in [0.3, 0.4) is 0 Å². The van der Waals surface area contributed by atoms with Crippen molar-refractivity contribution in [3.63, 3.8) is 0 Å². The van der Waals surface area contributed by atoms with Gasteiger partial charge in [-0.05, 0) is 25.0 Å². The number of nitrogens with one attached hydrogen (secondary N) is 1. The van der Waals surface area contributed by atoms with Gasteiger partial charge in [-0.25, -0.2) is 9.78 Å². The number of carbonyl (C=O) groups excluding carboxylic acids is 1. The SMILES string of the molecule is O=C(Nc1ncc(C(F)(F)F)s1)N1CCCC1c1ccco1. The summed E-state index contributed by atoms with van der Waals surface area (Å²) in [4.78, 5) is 16.5. The molecule has 2 aromatic heterocycles. The third-order valence-electron chi connectivity index (χ3n) is 3.38. The highest BCUT2D eigenvalue weighted by atomic mass is 32.1. The van der Waals surface area contributed by atoms with E-state index >= 15 is 0 Å². The minimum atomic E-state index is -4.45. The summed E-state index contributed by atoms with van der Waals surface area (Å²) in [5.74, 6) is 0.669. The summed E-state index contributed by atoms with van der Waals surface area (Å²) in [6.07, 6.45) is -0.642. The van der Waals surface area contributed by atoms with Crippen LogP contribution in [-0.4, -0.2) is 22.5 Å². The number of anilines is 1. The molecule has 0 bridgehead atoms. The number of urea groups is 1. The maximum atomic E-state index is 12.5. The molecule has 1 aliphatic heterocycles. The molecule has 3 rings (SSSR count). The molecule has 0 saturated carbocycles. The molecule has 1 fully saturated rings. The monoisotopic (exact) mass is 331 g/mol. The number of rotatable bonds is 2. The van der Waals surface area contributed by atoms with Crippen molar-refractivity contribution in [2.45, 2.75) is 25.1 Å². The second-order valence-electron chi connectivity index (χ2n) is 4.82. The van der Waals surface area contributed by atoms with Crippen LogP contribution >= 0.6 is 11.3 Å². The van der Waals surface area contributed by atoms with E-state index in [4.69, 9.17) is 4.42 Å². The molecule has 1 unspecified atom stereocenters. The van der Waals surface area contributed by atoms with E-state index < -0.39 is 17.1 Å². The zero-order chi connectivity index (χ0) is 15.7. The maximum Gasteiger partial charge on any atom is 0.427 e. The number of aromatic nitrogens is 1. The highest BCUT2D eigenvalue weighted by molar-refractivity contribution is 7.15. The summed E-state index contributed by atoms with van der Waals surface area (Å²) in [5, 5.41) is 2.35. The number of likely N-dealkylation sites (tertiary alicyclic amines) is 1. The smallest absolute Gasteiger partial charge is 0.427 e. The molecule has 1 aliphatic rings. The minimum absolute atomic E-state index is 0.0672. The van der Waals surface area contributed by atoms with Crippen molar-refractivity contribution >= 4 is 22.5 Å². The Morgan fingerprint density at radius 3 is 2.95 bits per heavy atom. The van der Waals surface area contributed by atoms with E-state index in [1.54, 1.807) is 17.0 Å². The minimum Gasteiger partial charge on any atom is -0.467 e. The van der Waals surface area contributed by atoms with E-state index in [9.17, 15) is 18.0 Å². The van der Waals surface area contributed by atoms with Gasteiger partial charge in [0.25, 0.3) is 0 Å². The van der Waals surface area contributed by atoms with Crippen LogP contribution in [0.2, 0.25) is 0 Å². The number of furan rings is 1. The number of alkyl halides is 3. The fourth-order valence-corrected chi connectivity index (χ4v) is 3.09. The van der Waals surface area contributed by atoms with Crippen molar-refractivity contribution in [3.05, 3.63) is 35.2 Å². The summed E-state index contributed by atoms with van der Waals surface area (Å²) in [5.41, 5.74) is 0. The van der Waals surface area contributed by atoms with E-state index in [2.05, 4.69) is 10.3 Å². The Labute approximate surface area is 127 Å². The van der Waals surface area contributed by atoms with Crippen molar-refractivity contribution in [2.75, 3.05) is 11.9 Å². The Hall–Kier alpha value is -2.03. The fourth-order valence-electron chi connectivity index (χ4n) is 2.41. The summed E-state index contributed by atoms with van der Waals surface area (Å²) in [6.45, 7) is 0.523. The number of nitrogens with zero attached hydrogens (tertiary/aromatic N) is 2. The van der Waals surface area contributed by atoms with E-state index in [0.29, 0.717) is 29.8 Å². The Morgan fingerprint density at radius 2 is 2.32 bits per heavy atom. The number of halogens is 3. The summed E-state index contributed by atoms with van der Waals surface area (Å²) in [6, 6.07) is 2.85. The third kappa shape index (κ3) is 2.94. The zero-order valence-electron chi connectivity index (χ0n) is 11.3. The van der Waals surface area contributed by atoms with Crippen molar-refractivity contribution in [1.29, 1.82) is 0 Å². The molecular weight excluding hydrogens is 319 g/mol. The Kier molecular flexibility index (Phi) is 3.81. The van der Waals surface area contributed by atoms with Gasteiger partial charge in [0.1, 0.15) is 10.6 Å². The fraction of sp³-hybridized carbons (Fsp3) is 0.385. The van der Waals surface area contributed by atoms with Gasteiger partial charge in [-0.15, -0.1) is 0 Å². The van der Waals surface area contributed by atoms with E-state index in [1.165, 1.54) is 6.26 Å². The third-order valence-corrected chi connectivity index (χ3v) is 4.34. The quantitative estimate of drug-likeness (QED) is 0.900. The first-order valence-corrected chi connectivity index (χ1v) is 7.41. The van der Waals surface area contributed by atoms with Crippen LogP contribution in [0.1, 0.15) is 29.5 Å². The molecule has 2 aromatic rings. The second-order valence-corrected chi connectivity index (χ2v) is 5.86. The Balaban J connectivity index is 1.70. The van der Waals surface area contributed by atoms with Gasteiger partial charge >= 0.3 is 12.2 Å². The first-order chi connectivity index (χ1) is 10.4. The van der Waals surface area contributed by atoms with Crippen LogP contribution in [0.25, 0.3) is 0 Å². The average molecular weight is 331 g/mol. The lowest BCUT2D eigenvalue weighted by Crippen LogP contribution is -2.34. The van der Waals surface area contributed by atoms with Gasteiger partial charge in [0.2, 0.25) is 0 Å². The molecule has 1 N–H and O–H groups in total. The zero-order valence-corrected chi connectivity index (χ0v) is 12.1. The standard InChI is InChI=1S/C13H12F3N3O2S/c14-13(15,16)10-7-17-11(22-10)18-12(20)19-5-1-3-8(19)9-4-2-6-21-9/h2,4,6-8H,1,3,5H2,(H,17,18,20). The summed E-state index contributed by atoms with van der Waals surface area (Å²) in [7, 11) is 0. The molecule has 0 radical (unpaired) electrons. The molecule has 0 spiro atoms. The van der Waals surface area contributed by atoms with Gasteiger partial charge in [-0.2, -0.15) is 13.2 Å². The molecule has 2 amide bonds. The molecule has 0 aliphatic carbocycles. The number of carbonyl (C=O) groups is 1. The normalized spacial score (nSPS) is 18.7. The Morgan fingerprint density at radius 1 is 1.50 bits per heavy atom. The molecule has 1 atom stereocenters. The van der Waals surface area contributed by atoms with Crippen molar-refractivity contribution in [2.24, 2.45) is 0 Å². The second kappa shape index (κ2) is 5.64. The van der Waals surface area contributed by atoms with Crippen LogP contribution in [0, 0.1) is 0 Å². The molecule has 9 heteroatoms. The van der Waals surface area contributed by atoms with Gasteiger partial charge in [-0.3, -0.25) is 5.32 Å². The van der Waals surface area contributed by atoms with E-state index in [1.807, 2.05) is 0 Å². The number of hydrogen-bond donors (Lipinski definition) is 1. The van der Waals surface area contributed by atoms with Gasteiger partial charge in [0.15, 0.2) is 5.13 Å². The summed E-state index contributed by atoms with van der Waals surface area (Å²) < 4.78 is 42.9. The predicted octanol–water partition coefficient (Wildman–Crippen LogP) is 4.12. The highest BCUT2D eigenvalue weighted by Crippen LogP contribution is 2.36. The molecule has 3 heterocycles. The molecule has 118 valence electrons. The summed E-state index contributed by atoms with van der Waals surface area (Å²) >= 11 is 0.407. The Bertz CT molecular complexity index is 654. The lowest BCUT2D eigenvalue weighted by molar-refractivity contribution is -0.134. The maximum absolute atomic E-state index is 12.5. The predicted molar refractivity (Wildman–Crippen MR) is 73.5 cm³/mol. The first-order valence-electron chi connectivity index (χ1n) is 6.59. The molecule has 1 saturated heterocycles. The molecule has 0 aromatic carbocycles. The van der Waals surface area contributed by atoms with Crippen molar-refractivity contribution in [1.82, 2.24) is 9.88 Å². The average Bonchev–Trinajstić information content (AvgIpc) is 3.18. The van der Waals surface area contributed by atoms with Crippen LogP contribution in [0.4, 0.5) is 23.1 Å². The lowest BCUT2D eigenvalue weighted by atomic mass is 10.2. The van der Waals surface area contributed by atoms with Crippen molar-refractivity contribution in [3.8, 4) is 0 Å². The van der Waals surface area contributed by atoms with Gasteiger partial charge in [-0.1, -0.05) is 11.3 Å². The van der Waals surface area contributed by atoms with Crippen molar-refractivity contribution < 1.29 is 22.4 Å². The van der Waals surface area contributed by atoms with Crippen LogP contribution in [0.15, 0.2) is 29.0 Å². The topological polar surface area (TPSA) is 58.4 Å². The lowest BCUT2D eigenvalue weighted by Gasteiger charge is -2.22. The van der Waals surface area contributed by atoms with Gasteiger partial charge in [0, 0.05) is 6.54 Å². The van der Waals surface area contributed by atoms with Crippen LogP contribution in [-0.2, 0) is 6.18 Å². The molecular formula is C13H12F3N3O2S. The number of thiazole rings is 1. The van der Waals surface area contributed by atoms with Gasteiger partial charge in [0.05, 0.1) is 18.5 Å². The molecule has 5 nitrogen and oxygen atoms in total. The number of amides is 2. The van der Waals surface area contributed by atoms with Gasteiger partial charge < -0.3 is 9.32 Å². The van der Waals surface area contributed by atoms with Crippen LogP contribution < -0.4 is 5.32 Å².